The van der Waals surface area contributed by atoms with Gasteiger partial charge in [0, 0.05) is 9.64 Å². The molecule has 4 nitrogen and oxygen atoms in total. The van der Waals surface area contributed by atoms with E-state index in [1.807, 2.05) is 0 Å². The van der Waals surface area contributed by atoms with E-state index in [0.717, 1.165) is 7.11 Å². The zero-order chi connectivity index (χ0) is 14.8. The Kier molecular flexibility index (Phi) is 4.87. The molecule has 0 aliphatic carbocycles. The molecule has 1 aromatic heterocycles. The number of nitrogens with zero attached hydrogens (tertiary/aromatic N) is 1. The molecule has 19 heavy (non-hydrogen) atoms. The lowest BCUT2D eigenvalue weighted by Crippen LogP contribution is -2.19. The van der Waals surface area contributed by atoms with Gasteiger partial charge in [0.25, 0.3) is 6.43 Å². The van der Waals surface area contributed by atoms with E-state index in [1.165, 1.54) is 22.6 Å². The van der Waals surface area contributed by atoms with E-state index in [2.05, 4.69) is 14.5 Å². The van der Waals surface area contributed by atoms with Crippen LogP contribution in [0.2, 0.25) is 0 Å². The van der Waals surface area contributed by atoms with Gasteiger partial charge in [0.15, 0.2) is 0 Å². The minimum atomic E-state index is -5.07. The highest BCUT2D eigenvalue weighted by Gasteiger charge is 2.33. The first-order valence-electron chi connectivity index (χ1n) is 4.48. The fraction of sp³-hybridized carbons (Fsp3) is 0.333. The Hall–Kier alpha value is -1.20. The topological polar surface area (TPSA) is 48.4 Å². The second-order valence-corrected chi connectivity index (χ2v) is 4.20. The summed E-state index contributed by atoms with van der Waals surface area (Å²) in [6, 6.07) is 0.714. The smallest absolute Gasteiger partial charge is 0.465 e. The minimum absolute atomic E-state index is 0.186. The molecule has 0 fully saturated rings. The van der Waals surface area contributed by atoms with Crippen molar-refractivity contribution < 1.29 is 36.2 Å². The molecule has 0 spiro atoms. The Morgan fingerprint density at radius 1 is 1.42 bits per heavy atom. The second kappa shape index (κ2) is 5.84. The van der Waals surface area contributed by atoms with Crippen LogP contribution < -0.4 is 4.74 Å². The predicted octanol–water partition coefficient (Wildman–Crippen LogP) is 3.31. The molecule has 0 amide bonds. The lowest BCUT2D eigenvalue weighted by atomic mass is 10.2. The first-order chi connectivity index (χ1) is 8.65. The van der Waals surface area contributed by atoms with Crippen molar-refractivity contribution in [2.24, 2.45) is 0 Å². The third kappa shape index (κ3) is 4.14. The van der Waals surface area contributed by atoms with Crippen molar-refractivity contribution in [1.29, 1.82) is 0 Å². The number of alkyl halides is 5. The molecule has 10 heteroatoms. The van der Waals surface area contributed by atoms with E-state index < -0.39 is 35.9 Å². The van der Waals surface area contributed by atoms with Crippen molar-refractivity contribution in [3.8, 4) is 5.88 Å². The van der Waals surface area contributed by atoms with Crippen molar-refractivity contribution in [1.82, 2.24) is 4.98 Å². The fourth-order valence-electron chi connectivity index (χ4n) is 1.14. The van der Waals surface area contributed by atoms with Crippen molar-refractivity contribution in [2.75, 3.05) is 7.11 Å². The number of ether oxygens (including phenoxy) is 2. The van der Waals surface area contributed by atoms with E-state index in [-0.39, 0.29) is 3.57 Å². The summed E-state index contributed by atoms with van der Waals surface area (Å²) in [5.74, 6) is -2.19. The number of hydrogen-bond donors (Lipinski definition) is 0. The summed E-state index contributed by atoms with van der Waals surface area (Å²) < 4.78 is 68.9. The average molecular weight is 397 g/mol. The van der Waals surface area contributed by atoms with Crippen LogP contribution in [0.5, 0.6) is 5.88 Å². The van der Waals surface area contributed by atoms with Crippen LogP contribution in [0.4, 0.5) is 22.0 Å². The van der Waals surface area contributed by atoms with Crippen LogP contribution in [0.1, 0.15) is 22.5 Å². The molecule has 0 aliphatic heterocycles. The van der Waals surface area contributed by atoms with Gasteiger partial charge in [0.2, 0.25) is 5.88 Å². The number of esters is 1. The Labute approximate surface area is 117 Å². The number of aromatic nitrogens is 1. The number of rotatable bonds is 3. The Bertz CT molecular complexity index is 491. The molecule has 0 N–H and O–H groups in total. The molecule has 1 heterocycles. The number of methoxy groups -OCH3 is 1. The third-order valence-electron chi connectivity index (χ3n) is 1.79. The number of hydrogen-bond acceptors (Lipinski definition) is 4. The number of carbonyl (C=O) groups excluding carboxylic acids is 1. The summed E-state index contributed by atoms with van der Waals surface area (Å²) in [5, 5.41) is 0. The average Bonchev–Trinajstić information content (AvgIpc) is 2.24. The highest BCUT2D eigenvalue weighted by molar-refractivity contribution is 14.1. The summed E-state index contributed by atoms with van der Waals surface area (Å²) in [5.41, 5.74) is -1.72. The van der Waals surface area contributed by atoms with Gasteiger partial charge in [-0.25, -0.2) is 18.6 Å². The summed E-state index contributed by atoms with van der Waals surface area (Å²) in [6.45, 7) is 0. The van der Waals surface area contributed by atoms with Crippen LogP contribution in [0.25, 0.3) is 0 Å². The maximum atomic E-state index is 12.7. The molecule has 0 bridgehead atoms. The van der Waals surface area contributed by atoms with Crippen LogP contribution in [0, 0.1) is 3.57 Å². The largest absolute Gasteiger partial charge is 0.574 e. The monoisotopic (exact) mass is 397 g/mol. The van der Waals surface area contributed by atoms with E-state index >= 15 is 0 Å². The quantitative estimate of drug-likeness (QED) is 0.446. The molecule has 0 saturated heterocycles. The van der Waals surface area contributed by atoms with Gasteiger partial charge in [-0.1, -0.05) is 0 Å². The highest BCUT2D eigenvalue weighted by atomic mass is 127. The number of carbonyl (C=O) groups is 1. The highest BCUT2D eigenvalue weighted by Crippen LogP contribution is 2.30. The van der Waals surface area contributed by atoms with E-state index in [9.17, 15) is 26.7 Å². The third-order valence-corrected chi connectivity index (χ3v) is 2.64. The van der Waals surface area contributed by atoms with E-state index in [0.29, 0.717) is 6.07 Å². The van der Waals surface area contributed by atoms with Crippen molar-refractivity contribution in [3.05, 3.63) is 20.9 Å². The molecular formula is C9H5F5INO3. The van der Waals surface area contributed by atoms with Gasteiger partial charge >= 0.3 is 12.3 Å². The van der Waals surface area contributed by atoms with E-state index in [1.54, 1.807) is 0 Å². The van der Waals surface area contributed by atoms with Crippen LogP contribution >= 0.6 is 22.6 Å². The van der Waals surface area contributed by atoms with Gasteiger partial charge in [-0.15, -0.1) is 13.2 Å². The first kappa shape index (κ1) is 15.9. The molecule has 106 valence electrons. The van der Waals surface area contributed by atoms with Crippen LogP contribution in [0.3, 0.4) is 0 Å². The van der Waals surface area contributed by atoms with Crippen LogP contribution in [-0.2, 0) is 4.74 Å². The molecule has 1 rings (SSSR count). The molecule has 0 unspecified atom stereocenters. The Morgan fingerprint density at radius 2 is 2.00 bits per heavy atom. The molecule has 0 aliphatic rings. The zero-order valence-corrected chi connectivity index (χ0v) is 11.3. The van der Waals surface area contributed by atoms with Gasteiger partial charge in [0.05, 0.1) is 7.11 Å². The molecule has 0 radical (unpaired) electrons. The van der Waals surface area contributed by atoms with Gasteiger partial charge in [-0.2, -0.15) is 0 Å². The number of pyridine rings is 1. The number of halogens is 6. The Balaban J connectivity index is 3.33. The zero-order valence-electron chi connectivity index (χ0n) is 9.09. The van der Waals surface area contributed by atoms with Gasteiger partial charge in [-0.3, -0.25) is 0 Å². The lowest BCUT2D eigenvalue weighted by Gasteiger charge is -2.13. The maximum Gasteiger partial charge on any atom is 0.574 e. The van der Waals surface area contributed by atoms with Gasteiger partial charge in [-0.05, 0) is 22.6 Å². The fourth-order valence-corrected chi connectivity index (χ4v) is 1.91. The standard InChI is InChI=1S/C9H5F5INO3/c1-18-8(17)5-3(15)2-4(19-9(12,13)14)16-6(5)7(10)11/h2,7H,1H3. The summed E-state index contributed by atoms with van der Waals surface area (Å²) in [4.78, 5) is 14.3. The van der Waals surface area contributed by atoms with Gasteiger partial charge in [0.1, 0.15) is 11.3 Å². The molecule has 0 atom stereocenters. The van der Waals surface area contributed by atoms with Crippen LogP contribution in [-0.4, -0.2) is 24.4 Å². The predicted molar refractivity (Wildman–Crippen MR) is 59.9 cm³/mol. The van der Waals surface area contributed by atoms with Crippen LogP contribution in [0.15, 0.2) is 6.07 Å². The molecule has 0 saturated carbocycles. The van der Waals surface area contributed by atoms with Crippen molar-refractivity contribution in [3.63, 3.8) is 0 Å². The van der Waals surface area contributed by atoms with E-state index in [4.69, 9.17) is 0 Å². The SMILES string of the molecule is COC(=O)c1c(I)cc(OC(F)(F)F)nc1C(F)F. The molecule has 1 aromatic rings. The normalized spacial score (nSPS) is 11.6. The van der Waals surface area contributed by atoms with Crippen molar-refractivity contribution >= 4 is 28.6 Å². The van der Waals surface area contributed by atoms with Crippen molar-refractivity contribution in [2.45, 2.75) is 12.8 Å². The Morgan fingerprint density at radius 3 is 2.42 bits per heavy atom. The molecular weight excluding hydrogens is 392 g/mol. The maximum absolute atomic E-state index is 12.7. The summed E-state index contributed by atoms with van der Waals surface area (Å²) in [7, 11) is 0.952. The second-order valence-electron chi connectivity index (χ2n) is 3.04. The minimum Gasteiger partial charge on any atom is -0.465 e. The van der Waals surface area contributed by atoms with Gasteiger partial charge < -0.3 is 9.47 Å². The summed E-state index contributed by atoms with van der Waals surface area (Å²) in [6.07, 6.45) is -8.32. The lowest BCUT2D eigenvalue weighted by molar-refractivity contribution is -0.276. The molecule has 0 aromatic carbocycles. The first-order valence-corrected chi connectivity index (χ1v) is 5.56. The summed E-state index contributed by atoms with van der Waals surface area (Å²) >= 11 is 1.41.